The maximum Gasteiger partial charge on any atom is 0.0441 e. The highest BCUT2D eigenvalue weighted by atomic mass is 32.2. The van der Waals surface area contributed by atoms with Crippen LogP contribution in [-0.4, -0.2) is 22.7 Å². The van der Waals surface area contributed by atoms with Crippen molar-refractivity contribution in [2.24, 2.45) is 0 Å². The largest absolute Gasteiger partial charge is 0.396 e. The Balaban J connectivity index is 2.08. The number of rotatable bonds is 2. The first-order valence-electron chi connectivity index (χ1n) is 3.66. The van der Waals surface area contributed by atoms with Gasteiger partial charge in [-0.05, 0) is 25.0 Å². The van der Waals surface area contributed by atoms with Crippen LogP contribution in [0, 0.1) is 0 Å². The van der Waals surface area contributed by atoms with E-state index < -0.39 is 0 Å². The fraction of sp³-hybridized carbons (Fsp3) is 1.00. The molecule has 1 atom stereocenters. The minimum absolute atomic E-state index is 0.373. The van der Waals surface area contributed by atoms with Gasteiger partial charge in [-0.1, -0.05) is 6.42 Å². The van der Waals surface area contributed by atoms with Crippen molar-refractivity contribution in [3.05, 3.63) is 0 Å². The van der Waals surface area contributed by atoms with Crippen LogP contribution in [0.5, 0.6) is 0 Å². The van der Waals surface area contributed by atoms with Crippen molar-refractivity contribution in [3.8, 4) is 0 Å². The molecule has 0 saturated carbocycles. The molecule has 1 aliphatic rings. The summed E-state index contributed by atoms with van der Waals surface area (Å²) < 4.78 is 0. The standard InChI is InChI=1S/C7H14OS/c8-5-4-7-3-1-2-6-9-7/h7-8H,1-6H2. The Hall–Kier alpha value is 0.310. The monoisotopic (exact) mass is 146 g/mol. The summed E-state index contributed by atoms with van der Waals surface area (Å²) >= 11 is 2.03. The van der Waals surface area contributed by atoms with Gasteiger partial charge in [0.2, 0.25) is 0 Å². The van der Waals surface area contributed by atoms with Gasteiger partial charge in [0, 0.05) is 11.9 Å². The van der Waals surface area contributed by atoms with Gasteiger partial charge in [0.1, 0.15) is 0 Å². The molecule has 0 aromatic rings. The van der Waals surface area contributed by atoms with E-state index in [1.165, 1.54) is 25.0 Å². The molecule has 0 spiro atoms. The third-order valence-electron chi connectivity index (χ3n) is 1.73. The number of thioether (sulfide) groups is 1. The average molecular weight is 146 g/mol. The van der Waals surface area contributed by atoms with Gasteiger partial charge in [-0.15, -0.1) is 0 Å². The van der Waals surface area contributed by atoms with E-state index in [0.29, 0.717) is 6.61 Å². The molecule has 1 aliphatic heterocycles. The summed E-state index contributed by atoms with van der Waals surface area (Å²) in [6, 6.07) is 0. The lowest BCUT2D eigenvalue weighted by molar-refractivity contribution is 0.284. The van der Waals surface area contributed by atoms with Crippen LogP contribution < -0.4 is 0 Å². The van der Waals surface area contributed by atoms with Gasteiger partial charge in [-0.3, -0.25) is 0 Å². The highest BCUT2D eigenvalue weighted by Gasteiger charge is 2.11. The maximum absolute atomic E-state index is 8.61. The van der Waals surface area contributed by atoms with E-state index in [-0.39, 0.29) is 0 Å². The zero-order valence-corrected chi connectivity index (χ0v) is 6.49. The van der Waals surface area contributed by atoms with Gasteiger partial charge >= 0.3 is 0 Å². The van der Waals surface area contributed by atoms with Gasteiger partial charge in [-0.25, -0.2) is 0 Å². The molecular weight excluding hydrogens is 132 g/mol. The Bertz CT molecular complexity index is 66.6. The molecule has 2 heteroatoms. The molecule has 0 aromatic heterocycles. The predicted octanol–water partition coefficient (Wildman–Crippen LogP) is 1.65. The fourth-order valence-electron chi connectivity index (χ4n) is 1.18. The van der Waals surface area contributed by atoms with E-state index >= 15 is 0 Å². The average Bonchev–Trinajstić information content (AvgIpc) is 1.91. The summed E-state index contributed by atoms with van der Waals surface area (Å²) in [5.41, 5.74) is 0. The first kappa shape index (κ1) is 7.42. The number of hydrogen-bond acceptors (Lipinski definition) is 2. The van der Waals surface area contributed by atoms with Gasteiger partial charge < -0.3 is 5.11 Å². The van der Waals surface area contributed by atoms with E-state index in [9.17, 15) is 0 Å². The Morgan fingerprint density at radius 2 is 2.33 bits per heavy atom. The molecule has 54 valence electrons. The third kappa shape index (κ3) is 2.59. The zero-order valence-electron chi connectivity index (χ0n) is 5.68. The topological polar surface area (TPSA) is 20.2 Å². The number of aliphatic hydroxyl groups excluding tert-OH is 1. The second kappa shape index (κ2) is 4.18. The van der Waals surface area contributed by atoms with Gasteiger partial charge in [0.25, 0.3) is 0 Å². The highest BCUT2D eigenvalue weighted by Crippen LogP contribution is 2.26. The second-order valence-electron chi connectivity index (χ2n) is 2.50. The maximum atomic E-state index is 8.61. The van der Waals surface area contributed by atoms with Crippen molar-refractivity contribution in [1.82, 2.24) is 0 Å². The van der Waals surface area contributed by atoms with Crippen LogP contribution in [0.25, 0.3) is 0 Å². The predicted molar refractivity (Wildman–Crippen MR) is 41.8 cm³/mol. The summed E-state index contributed by atoms with van der Waals surface area (Å²) in [5.74, 6) is 1.31. The van der Waals surface area contributed by atoms with E-state index in [2.05, 4.69) is 0 Å². The molecule has 0 aliphatic carbocycles. The van der Waals surface area contributed by atoms with Gasteiger partial charge in [0.05, 0.1) is 0 Å². The van der Waals surface area contributed by atoms with Crippen molar-refractivity contribution < 1.29 is 5.11 Å². The van der Waals surface area contributed by atoms with Crippen LogP contribution in [0.2, 0.25) is 0 Å². The molecule has 0 radical (unpaired) electrons. The van der Waals surface area contributed by atoms with Crippen LogP contribution in [0.3, 0.4) is 0 Å². The molecule has 0 amide bonds. The summed E-state index contributed by atoms with van der Waals surface area (Å²) in [7, 11) is 0. The van der Waals surface area contributed by atoms with E-state index in [1.54, 1.807) is 0 Å². The highest BCUT2D eigenvalue weighted by molar-refractivity contribution is 7.99. The SMILES string of the molecule is OCCC1CCCCS1. The number of aliphatic hydroxyl groups is 1. The summed E-state index contributed by atoms with van der Waals surface area (Å²) in [5, 5.41) is 9.37. The van der Waals surface area contributed by atoms with Crippen molar-refractivity contribution in [3.63, 3.8) is 0 Å². The molecule has 1 rings (SSSR count). The van der Waals surface area contributed by atoms with Crippen molar-refractivity contribution in [2.45, 2.75) is 30.9 Å². The van der Waals surface area contributed by atoms with Crippen LogP contribution in [0.1, 0.15) is 25.7 Å². The van der Waals surface area contributed by atoms with E-state index in [0.717, 1.165) is 11.7 Å². The molecule has 0 bridgehead atoms. The molecule has 0 aromatic carbocycles. The molecule has 9 heavy (non-hydrogen) atoms. The second-order valence-corrected chi connectivity index (χ2v) is 3.91. The molecule has 1 nitrogen and oxygen atoms in total. The molecule has 1 fully saturated rings. The van der Waals surface area contributed by atoms with Gasteiger partial charge in [-0.2, -0.15) is 11.8 Å². The lowest BCUT2D eigenvalue weighted by atomic mass is 10.1. The Morgan fingerprint density at radius 3 is 2.89 bits per heavy atom. The first-order valence-corrected chi connectivity index (χ1v) is 4.71. The van der Waals surface area contributed by atoms with Crippen LogP contribution in [0.4, 0.5) is 0 Å². The van der Waals surface area contributed by atoms with Gasteiger partial charge in [0.15, 0.2) is 0 Å². The lowest BCUT2D eigenvalue weighted by Crippen LogP contribution is -2.10. The molecule has 1 unspecified atom stereocenters. The first-order chi connectivity index (χ1) is 4.43. The van der Waals surface area contributed by atoms with Crippen LogP contribution >= 0.6 is 11.8 Å². The summed E-state index contributed by atoms with van der Waals surface area (Å²) in [4.78, 5) is 0. The Kier molecular flexibility index (Phi) is 3.44. The van der Waals surface area contributed by atoms with Crippen molar-refractivity contribution in [1.29, 1.82) is 0 Å². The smallest absolute Gasteiger partial charge is 0.0441 e. The van der Waals surface area contributed by atoms with Crippen LogP contribution in [0.15, 0.2) is 0 Å². The minimum Gasteiger partial charge on any atom is -0.396 e. The van der Waals surface area contributed by atoms with E-state index in [1.807, 2.05) is 11.8 Å². The van der Waals surface area contributed by atoms with Crippen molar-refractivity contribution in [2.75, 3.05) is 12.4 Å². The Labute approximate surface area is 60.8 Å². The third-order valence-corrected chi connectivity index (χ3v) is 3.19. The Morgan fingerprint density at radius 1 is 1.44 bits per heavy atom. The normalized spacial score (nSPS) is 28.3. The molecule has 1 heterocycles. The molecular formula is C7H14OS. The van der Waals surface area contributed by atoms with Crippen molar-refractivity contribution >= 4 is 11.8 Å². The summed E-state index contributed by atoms with van der Waals surface area (Å²) in [6.07, 6.45) is 5.08. The molecule has 1 saturated heterocycles. The zero-order chi connectivity index (χ0) is 6.53. The van der Waals surface area contributed by atoms with E-state index in [4.69, 9.17) is 5.11 Å². The fourth-order valence-corrected chi connectivity index (χ4v) is 2.49. The number of hydrogen-bond donors (Lipinski definition) is 1. The lowest BCUT2D eigenvalue weighted by Gasteiger charge is -2.19. The summed E-state index contributed by atoms with van der Waals surface area (Å²) in [6.45, 7) is 0.373. The minimum atomic E-state index is 0.373. The molecule has 1 N–H and O–H groups in total. The van der Waals surface area contributed by atoms with Crippen LogP contribution in [-0.2, 0) is 0 Å². The quantitative estimate of drug-likeness (QED) is 0.639.